The number of aliphatic hydroxyl groups is 1. The lowest BCUT2D eigenvalue weighted by atomic mass is 10.1. The van der Waals surface area contributed by atoms with Crippen LogP contribution in [-0.2, 0) is 0 Å². The van der Waals surface area contributed by atoms with E-state index < -0.39 is 0 Å². The molecule has 2 N–H and O–H groups in total. The van der Waals surface area contributed by atoms with Crippen molar-refractivity contribution in [1.29, 1.82) is 0 Å². The molecule has 96 valence electrons. The molecule has 1 unspecified atom stereocenters. The van der Waals surface area contributed by atoms with E-state index in [2.05, 4.69) is 5.32 Å². The molecule has 0 amide bonds. The third-order valence-corrected chi connectivity index (χ3v) is 3.02. The van der Waals surface area contributed by atoms with Crippen molar-refractivity contribution in [2.45, 2.75) is 25.9 Å². The summed E-state index contributed by atoms with van der Waals surface area (Å²) in [6.07, 6.45) is 0. The van der Waals surface area contributed by atoms with Crippen LogP contribution in [0.3, 0.4) is 0 Å². The fourth-order valence-corrected chi connectivity index (χ4v) is 2.01. The summed E-state index contributed by atoms with van der Waals surface area (Å²) < 4.78 is 5.58. The van der Waals surface area contributed by atoms with Crippen molar-refractivity contribution >= 4 is 0 Å². The molecule has 0 spiro atoms. The number of benzene rings is 1. The van der Waals surface area contributed by atoms with Gasteiger partial charge in [-0.2, -0.15) is 0 Å². The van der Waals surface area contributed by atoms with Gasteiger partial charge in [-0.25, -0.2) is 0 Å². The highest BCUT2D eigenvalue weighted by atomic mass is 16.3. The van der Waals surface area contributed by atoms with Gasteiger partial charge in [-0.15, -0.1) is 0 Å². The third kappa shape index (κ3) is 3.00. The summed E-state index contributed by atoms with van der Waals surface area (Å²) in [5.41, 5.74) is 1.08. The van der Waals surface area contributed by atoms with E-state index in [1.165, 1.54) is 0 Å². The Kier molecular flexibility index (Phi) is 4.18. The highest BCUT2D eigenvalue weighted by Gasteiger charge is 2.16. The standard InChI is InChI=1S/C15H19NO2/c1-11-8-9-15(18-11)12(2)16-14(10-17)13-6-4-3-5-7-13/h3-9,12,14,16-17H,10H2,1-2H3/t12?,14-/m1/s1. The molecule has 0 aliphatic rings. The van der Waals surface area contributed by atoms with Gasteiger partial charge in [0.25, 0.3) is 0 Å². The molecule has 0 saturated carbocycles. The molecule has 0 radical (unpaired) electrons. The Balaban J connectivity index is 2.07. The minimum atomic E-state index is -0.0772. The average Bonchev–Trinajstić information content (AvgIpc) is 2.83. The van der Waals surface area contributed by atoms with E-state index in [4.69, 9.17) is 4.42 Å². The molecule has 0 aliphatic heterocycles. The van der Waals surface area contributed by atoms with E-state index >= 15 is 0 Å². The Hall–Kier alpha value is -1.58. The number of aliphatic hydroxyl groups excluding tert-OH is 1. The molecule has 3 nitrogen and oxygen atoms in total. The van der Waals surface area contributed by atoms with E-state index in [1.807, 2.05) is 56.3 Å². The van der Waals surface area contributed by atoms with Crippen molar-refractivity contribution in [3.05, 3.63) is 59.5 Å². The molecule has 2 atom stereocenters. The van der Waals surface area contributed by atoms with Gasteiger partial charge in [0.05, 0.1) is 18.7 Å². The van der Waals surface area contributed by atoms with E-state index in [1.54, 1.807) is 0 Å². The summed E-state index contributed by atoms with van der Waals surface area (Å²) in [4.78, 5) is 0. The van der Waals surface area contributed by atoms with E-state index in [9.17, 15) is 5.11 Å². The van der Waals surface area contributed by atoms with Crippen LogP contribution in [0.15, 0.2) is 46.9 Å². The van der Waals surface area contributed by atoms with Crippen molar-refractivity contribution in [3.8, 4) is 0 Å². The minimum absolute atomic E-state index is 0.0635. The summed E-state index contributed by atoms with van der Waals surface area (Å²) in [5, 5.41) is 12.9. The molecular weight excluding hydrogens is 226 g/mol. The number of aryl methyl sites for hydroxylation is 1. The van der Waals surface area contributed by atoms with Crippen LogP contribution < -0.4 is 5.32 Å². The van der Waals surface area contributed by atoms with Crippen molar-refractivity contribution in [1.82, 2.24) is 5.32 Å². The molecule has 1 heterocycles. The highest BCUT2D eigenvalue weighted by Crippen LogP contribution is 2.20. The van der Waals surface area contributed by atoms with E-state index in [0.29, 0.717) is 0 Å². The first-order chi connectivity index (χ1) is 8.70. The van der Waals surface area contributed by atoms with Gasteiger partial charge in [-0.05, 0) is 31.5 Å². The SMILES string of the molecule is Cc1ccc(C(C)N[C@H](CO)c2ccccc2)o1. The van der Waals surface area contributed by atoms with Gasteiger partial charge in [0.2, 0.25) is 0 Å². The maximum absolute atomic E-state index is 9.49. The quantitative estimate of drug-likeness (QED) is 0.851. The van der Waals surface area contributed by atoms with Crippen LogP contribution in [-0.4, -0.2) is 11.7 Å². The number of nitrogens with one attached hydrogen (secondary N) is 1. The first kappa shape index (κ1) is 12.9. The first-order valence-electron chi connectivity index (χ1n) is 6.19. The fourth-order valence-electron chi connectivity index (χ4n) is 2.01. The third-order valence-electron chi connectivity index (χ3n) is 3.02. The van der Waals surface area contributed by atoms with Crippen LogP contribution >= 0.6 is 0 Å². The second-order valence-electron chi connectivity index (χ2n) is 4.48. The van der Waals surface area contributed by atoms with Crippen LogP contribution in [0.4, 0.5) is 0 Å². The molecule has 0 aliphatic carbocycles. The highest BCUT2D eigenvalue weighted by molar-refractivity contribution is 5.20. The average molecular weight is 245 g/mol. The second kappa shape index (κ2) is 5.85. The lowest BCUT2D eigenvalue weighted by molar-refractivity contribution is 0.230. The van der Waals surface area contributed by atoms with Crippen LogP contribution in [0, 0.1) is 6.92 Å². The molecule has 1 aromatic carbocycles. The van der Waals surface area contributed by atoms with Crippen molar-refractivity contribution < 1.29 is 9.52 Å². The summed E-state index contributed by atoms with van der Waals surface area (Å²) in [6, 6.07) is 13.8. The Morgan fingerprint density at radius 1 is 1.17 bits per heavy atom. The zero-order chi connectivity index (χ0) is 13.0. The Morgan fingerprint density at radius 3 is 2.44 bits per heavy atom. The molecule has 2 rings (SSSR count). The normalized spacial score (nSPS) is 14.4. The Labute approximate surface area is 107 Å². The molecular formula is C15H19NO2. The number of hydrogen-bond donors (Lipinski definition) is 2. The first-order valence-corrected chi connectivity index (χ1v) is 6.19. The van der Waals surface area contributed by atoms with Gasteiger partial charge in [0.15, 0.2) is 0 Å². The van der Waals surface area contributed by atoms with Crippen LogP contribution in [0.25, 0.3) is 0 Å². The number of hydrogen-bond acceptors (Lipinski definition) is 3. The van der Waals surface area contributed by atoms with E-state index in [-0.39, 0.29) is 18.7 Å². The van der Waals surface area contributed by atoms with Gasteiger partial charge in [0.1, 0.15) is 11.5 Å². The van der Waals surface area contributed by atoms with Crippen molar-refractivity contribution in [2.24, 2.45) is 0 Å². The van der Waals surface area contributed by atoms with Gasteiger partial charge in [-0.3, -0.25) is 5.32 Å². The van der Waals surface area contributed by atoms with Gasteiger partial charge in [0, 0.05) is 0 Å². The van der Waals surface area contributed by atoms with Crippen molar-refractivity contribution in [2.75, 3.05) is 6.61 Å². The number of furan rings is 1. The fraction of sp³-hybridized carbons (Fsp3) is 0.333. The predicted octanol–water partition coefficient (Wildman–Crippen LogP) is 2.97. The monoisotopic (exact) mass is 245 g/mol. The summed E-state index contributed by atoms with van der Waals surface area (Å²) in [7, 11) is 0. The zero-order valence-electron chi connectivity index (χ0n) is 10.8. The molecule has 0 fully saturated rings. The van der Waals surface area contributed by atoms with Gasteiger partial charge in [-0.1, -0.05) is 30.3 Å². The smallest absolute Gasteiger partial charge is 0.120 e. The summed E-state index contributed by atoms with van der Waals surface area (Å²) in [6.45, 7) is 4.02. The largest absolute Gasteiger partial charge is 0.465 e. The Bertz CT molecular complexity index is 478. The summed E-state index contributed by atoms with van der Waals surface area (Å²) >= 11 is 0. The van der Waals surface area contributed by atoms with Crippen LogP contribution in [0.1, 0.15) is 36.1 Å². The minimum Gasteiger partial charge on any atom is -0.465 e. The van der Waals surface area contributed by atoms with Gasteiger partial charge >= 0.3 is 0 Å². The molecule has 18 heavy (non-hydrogen) atoms. The topological polar surface area (TPSA) is 45.4 Å². The maximum atomic E-state index is 9.49. The maximum Gasteiger partial charge on any atom is 0.120 e. The summed E-state index contributed by atoms with van der Waals surface area (Å²) in [5.74, 6) is 1.79. The zero-order valence-corrected chi connectivity index (χ0v) is 10.8. The molecule has 2 aromatic rings. The molecule has 0 saturated heterocycles. The van der Waals surface area contributed by atoms with E-state index in [0.717, 1.165) is 17.1 Å². The molecule has 1 aromatic heterocycles. The molecule has 3 heteroatoms. The van der Waals surface area contributed by atoms with Crippen LogP contribution in [0.5, 0.6) is 0 Å². The number of rotatable bonds is 5. The predicted molar refractivity (Wildman–Crippen MR) is 71.3 cm³/mol. The van der Waals surface area contributed by atoms with Gasteiger partial charge < -0.3 is 9.52 Å². The lowest BCUT2D eigenvalue weighted by Gasteiger charge is -2.20. The Morgan fingerprint density at radius 2 is 1.89 bits per heavy atom. The lowest BCUT2D eigenvalue weighted by Crippen LogP contribution is -2.27. The molecule has 0 bridgehead atoms. The van der Waals surface area contributed by atoms with Crippen molar-refractivity contribution in [3.63, 3.8) is 0 Å². The van der Waals surface area contributed by atoms with Crippen LogP contribution in [0.2, 0.25) is 0 Å². The second-order valence-corrected chi connectivity index (χ2v) is 4.48.